The van der Waals surface area contributed by atoms with E-state index < -0.39 is 0 Å². The molecule has 112 valence electrons. The van der Waals surface area contributed by atoms with Gasteiger partial charge in [0, 0.05) is 17.0 Å². The van der Waals surface area contributed by atoms with Crippen molar-refractivity contribution < 1.29 is 0 Å². The van der Waals surface area contributed by atoms with E-state index in [4.69, 9.17) is 10.7 Å². The maximum Gasteiger partial charge on any atom is 0.123 e. The van der Waals surface area contributed by atoms with Gasteiger partial charge in [0.2, 0.25) is 0 Å². The molecule has 0 fully saturated rings. The second kappa shape index (κ2) is 5.54. The van der Waals surface area contributed by atoms with Gasteiger partial charge in [-0.25, -0.2) is 4.98 Å². The summed E-state index contributed by atoms with van der Waals surface area (Å²) in [5.74, 6) is 0.772. The van der Waals surface area contributed by atoms with Crippen molar-refractivity contribution in [3.05, 3.63) is 40.4 Å². The van der Waals surface area contributed by atoms with Crippen LogP contribution < -0.4 is 5.73 Å². The third kappa shape index (κ3) is 3.04. The average molecular weight is 300 g/mol. The van der Waals surface area contributed by atoms with Crippen molar-refractivity contribution in [3.63, 3.8) is 0 Å². The molecule has 3 rings (SSSR count). The van der Waals surface area contributed by atoms with Gasteiger partial charge >= 0.3 is 0 Å². The Kier molecular flexibility index (Phi) is 3.89. The summed E-state index contributed by atoms with van der Waals surface area (Å²) in [4.78, 5) is 6.39. The van der Waals surface area contributed by atoms with Gasteiger partial charge in [0.1, 0.15) is 5.01 Å². The Morgan fingerprint density at radius 3 is 2.86 bits per heavy atom. The van der Waals surface area contributed by atoms with Crippen LogP contribution in [0.1, 0.15) is 43.3 Å². The summed E-state index contributed by atoms with van der Waals surface area (Å²) < 4.78 is 0. The molecule has 3 heteroatoms. The van der Waals surface area contributed by atoms with Gasteiger partial charge in [0.05, 0.1) is 5.69 Å². The molecule has 0 saturated carbocycles. The Balaban J connectivity index is 1.89. The summed E-state index contributed by atoms with van der Waals surface area (Å²) in [5, 5.41) is 1.16. The molecule has 0 saturated heterocycles. The highest BCUT2D eigenvalue weighted by Gasteiger charge is 2.30. The van der Waals surface area contributed by atoms with Crippen LogP contribution >= 0.6 is 11.3 Å². The van der Waals surface area contributed by atoms with Crippen molar-refractivity contribution >= 4 is 11.3 Å². The lowest BCUT2D eigenvalue weighted by molar-refractivity contribution is 0.217. The molecule has 1 aromatic heterocycles. The maximum atomic E-state index is 5.74. The standard InChI is InChI=1S/C18H24N2S/c1-18(2,3)14-7-8-15-16(10-14)21-17(20-15)13-6-4-5-12(9-13)11-19/h4-6,9,14H,7-8,10-11,19H2,1-3H3. The number of nitrogens with zero attached hydrogens (tertiary/aromatic N) is 1. The highest BCUT2D eigenvalue weighted by Crippen LogP contribution is 2.40. The molecule has 0 spiro atoms. The van der Waals surface area contributed by atoms with Crippen molar-refractivity contribution in [2.45, 2.75) is 46.6 Å². The van der Waals surface area contributed by atoms with E-state index in [0.717, 1.165) is 17.3 Å². The van der Waals surface area contributed by atoms with Crippen LogP contribution in [0.15, 0.2) is 24.3 Å². The first-order valence-electron chi connectivity index (χ1n) is 7.75. The number of benzene rings is 1. The van der Waals surface area contributed by atoms with Gasteiger partial charge < -0.3 is 5.73 Å². The fourth-order valence-corrected chi connectivity index (χ4v) is 4.25. The number of aryl methyl sites for hydroxylation is 1. The van der Waals surface area contributed by atoms with Crippen LogP contribution in [0.4, 0.5) is 0 Å². The minimum absolute atomic E-state index is 0.390. The van der Waals surface area contributed by atoms with Crippen molar-refractivity contribution in [2.24, 2.45) is 17.1 Å². The first kappa shape index (κ1) is 14.7. The highest BCUT2D eigenvalue weighted by atomic mass is 32.1. The number of nitrogens with two attached hydrogens (primary N) is 1. The zero-order valence-electron chi connectivity index (χ0n) is 13.1. The van der Waals surface area contributed by atoms with Crippen LogP contribution in [0, 0.1) is 11.3 Å². The van der Waals surface area contributed by atoms with Gasteiger partial charge in [-0.15, -0.1) is 11.3 Å². The molecule has 2 aromatic rings. The van der Waals surface area contributed by atoms with E-state index in [1.54, 1.807) is 0 Å². The SMILES string of the molecule is CC(C)(C)C1CCc2nc(-c3cccc(CN)c3)sc2C1. The molecule has 2 N–H and O–H groups in total. The van der Waals surface area contributed by atoms with Gasteiger partial charge in [0.25, 0.3) is 0 Å². The summed E-state index contributed by atoms with van der Waals surface area (Å²) in [6.45, 7) is 7.66. The molecule has 0 amide bonds. The van der Waals surface area contributed by atoms with Gasteiger partial charge in [0.15, 0.2) is 0 Å². The Bertz CT molecular complexity index is 637. The molecule has 1 unspecified atom stereocenters. The van der Waals surface area contributed by atoms with Crippen molar-refractivity contribution in [1.29, 1.82) is 0 Å². The molecule has 0 aliphatic heterocycles. The van der Waals surface area contributed by atoms with E-state index >= 15 is 0 Å². The fraction of sp³-hybridized carbons (Fsp3) is 0.500. The quantitative estimate of drug-likeness (QED) is 0.891. The number of hydrogen-bond donors (Lipinski definition) is 1. The van der Waals surface area contributed by atoms with E-state index in [1.165, 1.54) is 34.5 Å². The average Bonchev–Trinajstić information content (AvgIpc) is 2.89. The molecular formula is C18H24N2S. The second-order valence-electron chi connectivity index (χ2n) is 7.10. The molecule has 0 radical (unpaired) electrons. The molecule has 0 bridgehead atoms. The minimum atomic E-state index is 0.390. The maximum absolute atomic E-state index is 5.74. The lowest BCUT2D eigenvalue weighted by Crippen LogP contribution is -2.26. The topological polar surface area (TPSA) is 38.9 Å². The normalized spacial score (nSPS) is 18.6. The Hall–Kier alpha value is -1.19. The lowest BCUT2D eigenvalue weighted by atomic mass is 9.73. The smallest absolute Gasteiger partial charge is 0.123 e. The summed E-state index contributed by atoms with van der Waals surface area (Å²) in [6.07, 6.45) is 3.58. The first-order valence-corrected chi connectivity index (χ1v) is 8.57. The molecule has 1 aliphatic carbocycles. The van der Waals surface area contributed by atoms with E-state index in [2.05, 4.69) is 45.0 Å². The predicted octanol–water partition coefficient (Wildman–Crippen LogP) is 4.42. The molecule has 1 aliphatic rings. The molecule has 1 heterocycles. The summed E-state index contributed by atoms with van der Waals surface area (Å²) in [7, 11) is 0. The van der Waals surface area contributed by atoms with E-state index in [9.17, 15) is 0 Å². The van der Waals surface area contributed by atoms with Gasteiger partial charge in [-0.3, -0.25) is 0 Å². The van der Waals surface area contributed by atoms with Crippen LogP contribution in [-0.2, 0) is 19.4 Å². The van der Waals surface area contributed by atoms with E-state index in [-0.39, 0.29) is 0 Å². The number of fused-ring (bicyclic) bond motifs is 1. The summed E-state index contributed by atoms with van der Waals surface area (Å²) >= 11 is 1.88. The third-order valence-electron chi connectivity index (χ3n) is 4.57. The molecular weight excluding hydrogens is 276 g/mol. The Labute approximate surface area is 131 Å². The summed E-state index contributed by atoms with van der Waals surface area (Å²) in [5.41, 5.74) is 9.85. The summed E-state index contributed by atoms with van der Waals surface area (Å²) in [6, 6.07) is 8.47. The predicted molar refractivity (Wildman–Crippen MR) is 90.4 cm³/mol. The van der Waals surface area contributed by atoms with Crippen LogP contribution in [-0.4, -0.2) is 4.98 Å². The van der Waals surface area contributed by atoms with Crippen molar-refractivity contribution in [3.8, 4) is 10.6 Å². The highest BCUT2D eigenvalue weighted by molar-refractivity contribution is 7.15. The van der Waals surface area contributed by atoms with Crippen molar-refractivity contribution in [2.75, 3.05) is 0 Å². The second-order valence-corrected chi connectivity index (χ2v) is 8.18. The number of aromatic nitrogens is 1. The monoisotopic (exact) mass is 300 g/mol. The minimum Gasteiger partial charge on any atom is -0.326 e. The number of rotatable bonds is 2. The van der Waals surface area contributed by atoms with Crippen LogP contribution in [0.2, 0.25) is 0 Å². The van der Waals surface area contributed by atoms with Crippen LogP contribution in [0.3, 0.4) is 0 Å². The Morgan fingerprint density at radius 1 is 1.33 bits per heavy atom. The van der Waals surface area contributed by atoms with Crippen molar-refractivity contribution in [1.82, 2.24) is 4.98 Å². The van der Waals surface area contributed by atoms with Crippen LogP contribution in [0.5, 0.6) is 0 Å². The molecule has 21 heavy (non-hydrogen) atoms. The molecule has 1 aromatic carbocycles. The Morgan fingerprint density at radius 2 is 2.14 bits per heavy atom. The first-order chi connectivity index (χ1) is 9.97. The molecule has 2 nitrogen and oxygen atoms in total. The molecule has 1 atom stereocenters. The number of thiazole rings is 1. The van der Waals surface area contributed by atoms with E-state index in [0.29, 0.717) is 12.0 Å². The lowest BCUT2D eigenvalue weighted by Gasteiger charge is -2.33. The van der Waals surface area contributed by atoms with Crippen LogP contribution in [0.25, 0.3) is 10.6 Å². The van der Waals surface area contributed by atoms with Gasteiger partial charge in [-0.05, 0) is 42.2 Å². The third-order valence-corrected chi connectivity index (χ3v) is 5.74. The fourth-order valence-electron chi connectivity index (χ4n) is 3.07. The van der Waals surface area contributed by atoms with Gasteiger partial charge in [-0.1, -0.05) is 39.0 Å². The van der Waals surface area contributed by atoms with Gasteiger partial charge in [-0.2, -0.15) is 0 Å². The largest absolute Gasteiger partial charge is 0.326 e. The zero-order chi connectivity index (χ0) is 15.0. The number of hydrogen-bond acceptors (Lipinski definition) is 3. The van der Waals surface area contributed by atoms with E-state index in [1.807, 2.05) is 11.3 Å². The zero-order valence-corrected chi connectivity index (χ0v) is 14.0.